The van der Waals surface area contributed by atoms with Crippen molar-refractivity contribution < 1.29 is 32.2 Å². The number of fused-ring (bicyclic) bond motifs is 2. The number of ether oxygens (including phenoxy) is 2. The summed E-state index contributed by atoms with van der Waals surface area (Å²) in [6.45, 7) is 4.94. The van der Waals surface area contributed by atoms with Gasteiger partial charge >= 0.3 is 18.9 Å². The number of carbonyl (C=O) groups is 2. The number of aromatic nitrogens is 1. The molecule has 0 radical (unpaired) electrons. The van der Waals surface area contributed by atoms with E-state index in [9.17, 15) is 9.59 Å². The Hall–Kier alpha value is -2.35. The van der Waals surface area contributed by atoms with E-state index in [2.05, 4.69) is 11.5 Å². The Bertz CT molecular complexity index is 1310. The highest BCUT2D eigenvalue weighted by Crippen LogP contribution is 2.47. The normalized spacial score (nSPS) is 16.5. The topological polar surface area (TPSA) is 60.5 Å². The number of esters is 2. The summed E-state index contributed by atoms with van der Waals surface area (Å²) >= 11 is 13.0. The first-order valence-corrected chi connectivity index (χ1v) is 15.8. The Morgan fingerprint density at radius 2 is 1.61 bits per heavy atom. The number of methoxy groups -OCH3 is 2. The van der Waals surface area contributed by atoms with Crippen molar-refractivity contribution in [3.8, 4) is 11.5 Å². The van der Waals surface area contributed by atoms with Gasteiger partial charge in [-0.25, -0.2) is 0 Å². The molecule has 0 spiro atoms. The molecule has 0 saturated carbocycles. The van der Waals surface area contributed by atoms with Crippen LogP contribution in [0.25, 0.3) is 5.57 Å². The van der Waals surface area contributed by atoms with Gasteiger partial charge < -0.3 is 27.1 Å². The van der Waals surface area contributed by atoms with Crippen LogP contribution in [0.3, 0.4) is 0 Å². The Kier molecular flexibility index (Phi) is 7.99. The first-order chi connectivity index (χ1) is 16.7. The summed E-state index contributed by atoms with van der Waals surface area (Å²) in [6, 6.07) is 0. The molecule has 0 fully saturated rings. The maximum absolute atomic E-state index is 16.3. The molecule has 0 N–H and O–H groups in total. The third-order valence-electron chi connectivity index (χ3n) is 6.27. The molecule has 0 aliphatic carbocycles. The van der Waals surface area contributed by atoms with E-state index < -0.39 is 27.0 Å². The minimum atomic E-state index is -4.50. The number of hydrogen-bond acceptors (Lipinski definition) is 4. The first-order valence-electron chi connectivity index (χ1n) is 11.5. The standard InChI is InChI=1S/C24H29BCl2F2N2O4Si/c1-14-16(8-10-19(32)34-3)21-18(12-13-36(5,6)7)22-17(9-11-20(33)35-4)15(2)24(27)31(22)25(28,29)30(21)23(14)26/h8-11H2,1-7H3. The monoisotopic (exact) mass is 556 g/mol. The van der Waals surface area contributed by atoms with Crippen LogP contribution >= 0.6 is 23.2 Å². The lowest BCUT2D eigenvalue weighted by Gasteiger charge is -2.32. The van der Waals surface area contributed by atoms with Gasteiger partial charge in [0.2, 0.25) is 5.17 Å². The van der Waals surface area contributed by atoms with Crippen molar-refractivity contribution in [2.24, 2.45) is 0 Å². The van der Waals surface area contributed by atoms with Crippen LogP contribution < -0.4 is 0 Å². The highest BCUT2D eigenvalue weighted by molar-refractivity contribution is 6.84. The van der Waals surface area contributed by atoms with E-state index in [1.165, 1.54) is 14.2 Å². The third kappa shape index (κ3) is 4.93. The van der Waals surface area contributed by atoms with E-state index in [0.29, 0.717) is 27.8 Å². The first kappa shape index (κ1) is 28.2. The molecule has 0 amide bonds. The van der Waals surface area contributed by atoms with Gasteiger partial charge in [-0.3, -0.25) is 9.59 Å². The summed E-state index contributed by atoms with van der Waals surface area (Å²) in [4.78, 5) is 23.8. The van der Waals surface area contributed by atoms with E-state index >= 15 is 8.63 Å². The van der Waals surface area contributed by atoms with Gasteiger partial charge in [0.15, 0.2) is 5.70 Å². The molecule has 6 nitrogen and oxygen atoms in total. The number of halogens is 4. The number of nitrogens with zero attached hydrogens (tertiary/aromatic N) is 2. The van der Waals surface area contributed by atoms with Crippen LogP contribution in [0.2, 0.25) is 24.8 Å². The molecule has 36 heavy (non-hydrogen) atoms. The summed E-state index contributed by atoms with van der Waals surface area (Å²) < 4.78 is 43.7. The summed E-state index contributed by atoms with van der Waals surface area (Å²) in [5.41, 5.74) is 5.90. The molecule has 194 valence electrons. The van der Waals surface area contributed by atoms with Gasteiger partial charge in [0.05, 0.1) is 19.4 Å². The number of rotatable bonds is 6. The fourth-order valence-electron chi connectivity index (χ4n) is 4.44. The molecule has 3 heterocycles. The van der Waals surface area contributed by atoms with Crippen LogP contribution in [0.5, 0.6) is 0 Å². The number of hydrogen-bond donors (Lipinski definition) is 0. The van der Waals surface area contributed by atoms with Crippen molar-refractivity contribution >= 4 is 60.9 Å². The molecule has 0 aromatic carbocycles. The molecule has 2 aliphatic heterocycles. The average Bonchev–Trinajstić information content (AvgIpc) is 3.21. The molecule has 3 rings (SSSR count). The second-order valence-corrected chi connectivity index (χ2v) is 15.3. The lowest BCUT2D eigenvalue weighted by Crippen LogP contribution is -2.51. The van der Waals surface area contributed by atoms with Gasteiger partial charge in [-0.15, -0.1) is 5.54 Å². The smallest absolute Gasteiger partial charge is 0.469 e. The molecule has 0 saturated heterocycles. The van der Waals surface area contributed by atoms with E-state index in [4.69, 9.17) is 32.7 Å². The van der Waals surface area contributed by atoms with Gasteiger partial charge in [0.25, 0.3) is 0 Å². The maximum atomic E-state index is 16.3. The van der Waals surface area contributed by atoms with Crippen molar-refractivity contribution in [3.63, 3.8) is 0 Å². The largest absolute Gasteiger partial charge is 0.739 e. The number of carbonyl (C=O) groups excluding carboxylic acids is 2. The second-order valence-electron chi connectivity index (χ2n) is 9.84. The quantitative estimate of drug-likeness (QED) is 0.270. The predicted molar refractivity (Wildman–Crippen MR) is 141 cm³/mol. The lowest BCUT2D eigenvalue weighted by molar-refractivity contribution is -0.360. The lowest BCUT2D eigenvalue weighted by atomic mass is 9.85. The summed E-state index contributed by atoms with van der Waals surface area (Å²) in [6.07, 6.45) is 0.285. The highest BCUT2D eigenvalue weighted by Gasteiger charge is 2.58. The second kappa shape index (κ2) is 10.2. The van der Waals surface area contributed by atoms with Crippen molar-refractivity contribution in [2.75, 3.05) is 14.2 Å². The Morgan fingerprint density at radius 3 is 2.14 bits per heavy atom. The third-order valence-corrected chi connectivity index (χ3v) is 8.08. The van der Waals surface area contributed by atoms with Crippen LogP contribution in [0, 0.1) is 18.4 Å². The molecule has 12 heteroatoms. The van der Waals surface area contributed by atoms with Crippen LogP contribution in [0.1, 0.15) is 43.0 Å². The molecule has 0 atom stereocenters. The van der Waals surface area contributed by atoms with Crippen molar-refractivity contribution in [2.45, 2.75) is 59.2 Å². The Labute approximate surface area is 221 Å². The van der Waals surface area contributed by atoms with Crippen LogP contribution in [0.4, 0.5) is 8.63 Å². The van der Waals surface area contributed by atoms with Crippen molar-refractivity contribution in [1.29, 1.82) is 0 Å². The summed E-state index contributed by atoms with van der Waals surface area (Å²) in [5, 5.41) is -0.266. The zero-order valence-corrected chi connectivity index (χ0v) is 24.0. The van der Waals surface area contributed by atoms with Crippen LogP contribution in [-0.2, 0) is 25.5 Å². The molecular weight excluding hydrogens is 528 g/mol. The minimum Gasteiger partial charge on any atom is -0.469 e. The molecule has 2 aliphatic rings. The molecule has 0 unspecified atom stereocenters. The maximum Gasteiger partial charge on any atom is 0.739 e. The van der Waals surface area contributed by atoms with Crippen LogP contribution in [0.15, 0.2) is 16.8 Å². The Balaban J connectivity index is 2.40. The highest BCUT2D eigenvalue weighted by atomic mass is 35.5. The molecule has 1 aromatic rings. The molecule has 1 aromatic heterocycles. The van der Waals surface area contributed by atoms with Crippen LogP contribution in [-0.4, -0.2) is 55.3 Å². The fourth-order valence-corrected chi connectivity index (χ4v) is 5.58. The van der Waals surface area contributed by atoms with E-state index in [1.54, 1.807) is 13.8 Å². The van der Waals surface area contributed by atoms with E-state index in [1.807, 2.05) is 19.6 Å². The zero-order valence-electron chi connectivity index (χ0n) is 21.4. The van der Waals surface area contributed by atoms with Gasteiger partial charge in [0, 0.05) is 29.7 Å². The fraction of sp³-hybridized carbons (Fsp3) is 0.458. The SMILES string of the molecule is COC(=O)CCC1=C(C)C(Cl)=[N+]2C1=C(C#C[Si](C)(C)C)c1c(CCC(=O)OC)c(C)c(Cl)n1[B-]2(F)F. The minimum absolute atomic E-state index is 0.00598. The molecule has 0 bridgehead atoms. The van der Waals surface area contributed by atoms with Gasteiger partial charge in [-0.05, 0) is 49.4 Å². The van der Waals surface area contributed by atoms with E-state index in [-0.39, 0.29) is 47.4 Å². The molecular formula is C24H29BCl2F2N2O4Si. The Morgan fingerprint density at radius 1 is 1.06 bits per heavy atom. The van der Waals surface area contributed by atoms with E-state index in [0.717, 1.165) is 8.96 Å². The summed E-state index contributed by atoms with van der Waals surface area (Å²) in [5.74, 6) is 2.26. The van der Waals surface area contributed by atoms with Crippen molar-refractivity contribution in [1.82, 2.24) is 4.48 Å². The average molecular weight is 557 g/mol. The predicted octanol–water partition coefficient (Wildman–Crippen LogP) is 5.32. The van der Waals surface area contributed by atoms with Gasteiger partial charge in [0.1, 0.15) is 13.6 Å². The van der Waals surface area contributed by atoms with Gasteiger partial charge in [-0.2, -0.15) is 0 Å². The number of allylic oxidation sites excluding steroid dienone is 3. The summed E-state index contributed by atoms with van der Waals surface area (Å²) in [7, 11) is 0.600. The van der Waals surface area contributed by atoms with Gasteiger partial charge in [-0.1, -0.05) is 37.2 Å². The zero-order chi connectivity index (χ0) is 27.2. The van der Waals surface area contributed by atoms with Crippen molar-refractivity contribution in [3.05, 3.63) is 38.8 Å².